The summed E-state index contributed by atoms with van der Waals surface area (Å²) in [6, 6.07) is 7.02. The SMILES string of the molecule is CCCNCc1ccccc1S(=O)(=O)NC1CCCOC1. The molecule has 21 heavy (non-hydrogen) atoms. The van der Waals surface area contributed by atoms with E-state index in [1.54, 1.807) is 12.1 Å². The number of nitrogens with one attached hydrogen (secondary N) is 2. The Balaban J connectivity index is 2.10. The topological polar surface area (TPSA) is 67.4 Å². The van der Waals surface area contributed by atoms with E-state index in [-0.39, 0.29) is 6.04 Å². The highest BCUT2D eigenvalue weighted by Gasteiger charge is 2.24. The zero-order valence-electron chi connectivity index (χ0n) is 12.5. The highest BCUT2D eigenvalue weighted by Crippen LogP contribution is 2.17. The molecule has 1 aromatic carbocycles. The van der Waals surface area contributed by atoms with Crippen molar-refractivity contribution in [1.82, 2.24) is 10.0 Å². The van der Waals surface area contributed by atoms with Crippen molar-refractivity contribution in [1.29, 1.82) is 0 Å². The fraction of sp³-hybridized carbons (Fsp3) is 0.600. The summed E-state index contributed by atoms with van der Waals surface area (Å²) >= 11 is 0. The van der Waals surface area contributed by atoms with Crippen LogP contribution in [0, 0.1) is 0 Å². The van der Waals surface area contributed by atoms with Crippen LogP contribution in [0.1, 0.15) is 31.7 Å². The fourth-order valence-corrected chi connectivity index (χ4v) is 3.92. The molecule has 1 saturated heterocycles. The van der Waals surface area contributed by atoms with Gasteiger partial charge in [-0.2, -0.15) is 0 Å². The van der Waals surface area contributed by atoms with Crippen molar-refractivity contribution < 1.29 is 13.2 Å². The molecule has 0 bridgehead atoms. The molecule has 1 aliphatic rings. The van der Waals surface area contributed by atoms with Crippen LogP contribution in [0.4, 0.5) is 0 Å². The number of sulfonamides is 1. The van der Waals surface area contributed by atoms with Gasteiger partial charge in [-0.05, 0) is 37.4 Å². The monoisotopic (exact) mass is 312 g/mol. The Kier molecular flexibility index (Phi) is 6.17. The van der Waals surface area contributed by atoms with Gasteiger partial charge < -0.3 is 10.1 Å². The maximum atomic E-state index is 12.6. The molecule has 5 nitrogen and oxygen atoms in total. The maximum absolute atomic E-state index is 12.6. The standard InChI is InChI=1S/C15H24N2O3S/c1-2-9-16-11-13-6-3-4-8-15(13)21(18,19)17-14-7-5-10-20-12-14/h3-4,6,8,14,16-17H,2,5,7,9-12H2,1H3. The van der Waals surface area contributed by atoms with Gasteiger partial charge in [0.05, 0.1) is 11.5 Å². The number of rotatable bonds is 7. The lowest BCUT2D eigenvalue weighted by Gasteiger charge is -2.23. The average Bonchev–Trinajstić information content (AvgIpc) is 2.48. The molecule has 2 rings (SSSR count). The zero-order chi connectivity index (χ0) is 15.1. The molecule has 0 aliphatic carbocycles. The molecule has 1 fully saturated rings. The first-order valence-corrected chi connectivity index (χ1v) is 9.00. The van der Waals surface area contributed by atoms with Gasteiger partial charge in [0.2, 0.25) is 10.0 Å². The van der Waals surface area contributed by atoms with Crippen LogP contribution in [-0.4, -0.2) is 34.2 Å². The van der Waals surface area contributed by atoms with Crippen molar-refractivity contribution in [2.45, 2.75) is 43.7 Å². The van der Waals surface area contributed by atoms with E-state index >= 15 is 0 Å². The van der Waals surface area contributed by atoms with Gasteiger partial charge in [-0.1, -0.05) is 25.1 Å². The summed E-state index contributed by atoms with van der Waals surface area (Å²) in [6.45, 7) is 4.69. The van der Waals surface area contributed by atoms with Gasteiger partial charge in [-0.25, -0.2) is 13.1 Å². The largest absolute Gasteiger partial charge is 0.380 e. The van der Waals surface area contributed by atoms with E-state index in [1.807, 2.05) is 12.1 Å². The van der Waals surface area contributed by atoms with Crippen molar-refractivity contribution in [3.63, 3.8) is 0 Å². The molecule has 1 unspecified atom stereocenters. The predicted molar refractivity (Wildman–Crippen MR) is 82.6 cm³/mol. The first-order valence-electron chi connectivity index (χ1n) is 7.52. The molecule has 0 spiro atoms. The van der Waals surface area contributed by atoms with E-state index in [0.29, 0.717) is 18.0 Å². The first-order chi connectivity index (χ1) is 10.1. The van der Waals surface area contributed by atoms with Crippen LogP contribution in [0.2, 0.25) is 0 Å². The Hall–Kier alpha value is -0.950. The van der Waals surface area contributed by atoms with Gasteiger partial charge in [-0.15, -0.1) is 0 Å². The summed E-state index contributed by atoms with van der Waals surface area (Å²) in [7, 11) is -3.50. The second-order valence-corrected chi connectivity index (χ2v) is 7.00. The lowest BCUT2D eigenvalue weighted by Crippen LogP contribution is -2.40. The van der Waals surface area contributed by atoms with Crippen LogP contribution in [0.15, 0.2) is 29.2 Å². The third-order valence-electron chi connectivity index (χ3n) is 3.49. The minimum Gasteiger partial charge on any atom is -0.380 e. The molecule has 0 aromatic heterocycles. The number of hydrogen-bond donors (Lipinski definition) is 2. The van der Waals surface area contributed by atoms with Gasteiger partial charge >= 0.3 is 0 Å². The van der Waals surface area contributed by atoms with E-state index in [1.165, 1.54) is 0 Å². The lowest BCUT2D eigenvalue weighted by molar-refractivity contribution is 0.0774. The van der Waals surface area contributed by atoms with E-state index in [4.69, 9.17) is 4.74 Å². The van der Waals surface area contributed by atoms with Crippen LogP contribution in [0.25, 0.3) is 0 Å². The number of hydrogen-bond acceptors (Lipinski definition) is 4. The van der Waals surface area contributed by atoms with E-state index in [9.17, 15) is 8.42 Å². The second-order valence-electron chi connectivity index (χ2n) is 5.32. The average molecular weight is 312 g/mol. The molecular formula is C15H24N2O3S. The van der Waals surface area contributed by atoms with Crippen LogP contribution in [0.3, 0.4) is 0 Å². The Labute approximate surface area is 127 Å². The zero-order valence-corrected chi connectivity index (χ0v) is 13.3. The summed E-state index contributed by atoms with van der Waals surface area (Å²) < 4.78 is 33.2. The number of benzene rings is 1. The van der Waals surface area contributed by atoms with Crippen LogP contribution < -0.4 is 10.0 Å². The molecule has 1 heterocycles. The van der Waals surface area contributed by atoms with Crippen molar-refractivity contribution >= 4 is 10.0 Å². The van der Waals surface area contributed by atoms with Crippen molar-refractivity contribution in [3.05, 3.63) is 29.8 Å². The van der Waals surface area contributed by atoms with E-state index in [0.717, 1.165) is 38.0 Å². The van der Waals surface area contributed by atoms with Crippen molar-refractivity contribution in [2.75, 3.05) is 19.8 Å². The summed E-state index contributed by atoms with van der Waals surface area (Å²) in [5.41, 5.74) is 0.801. The first kappa shape index (κ1) is 16.4. The Morgan fingerprint density at radius 2 is 2.14 bits per heavy atom. The molecule has 1 aromatic rings. The predicted octanol–water partition coefficient (Wildman–Crippen LogP) is 1.64. The number of ether oxygens (including phenoxy) is 1. The summed E-state index contributed by atoms with van der Waals surface area (Å²) in [5, 5.41) is 3.25. The van der Waals surface area contributed by atoms with Crippen molar-refractivity contribution in [2.24, 2.45) is 0 Å². The molecule has 0 saturated carbocycles. The van der Waals surface area contributed by atoms with Crippen LogP contribution >= 0.6 is 0 Å². The van der Waals surface area contributed by atoms with Gasteiger partial charge in [0.1, 0.15) is 0 Å². The molecule has 1 atom stereocenters. The molecule has 0 radical (unpaired) electrons. The maximum Gasteiger partial charge on any atom is 0.241 e. The normalized spacial score (nSPS) is 19.6. The van der Waals surface area contributed by atoms with Gasteiger partial charge in [0, 0.05) is 19.2 Å². The summed E-state index contributed by atoms with van der Waals surface area (Å²) in [6.07, 6.45) is 2.74. The molecule has 6 heteroatoms. The summed E-state index contributed by atoms with van der Waals surface area (Å²) in [4.78, 5) is 0.360. The quantitative estimate of drug-likeness (QED) is 0.751. The molecule has 0 amide bonds. The molecule has 2 N–H and O–H groups in total. The third-order valence-corrected chi connectivity index (χ3v) is 5.11. The Morgan fingerprint density at radius 1 is 1.33 bits per heavy atom. The summed E-state index contributed by atoms with van der Waals surface area (Å²) in [5.74, 6) is 0. The minimum absolute atomic E-state index is 0.125. The molecule has 118 valence electrons. The molecule has 1 aliphatic heterocycles. The van der Waals surface area contributed by atoms with Crippen LogP contribution in [0.5, 0.6) is 0 Å². The Morgan fingerprint density at radius 3 is 2.86 bits per heavy atom. The highest BCUT2D eigenvalue weighted by molar-refractivity contribution is 7.89. The fourth-order valence-electron chi connectivity index (χ4n) is 2.43. The Bertz CT molecular complexity index is 540. The van der Waals surface area contributed by atoms with E-state index in [2.05, 4.69) is 17.0 Å². The second kappa shape index (κ2) is 7.89. The third kappa shape index (κ3) is 4.78. The van der Waals surface area contributed by atoms with Gasteiger partial charge in [0.25, 0.3) is 0 Å². The van der Waals surface area contributed by atoms with Crippen molar-refractivity contribution in [3.8, 4) is 0 Å². The van der Waals surface area contributed by atoms with Gasteiger partial charge in [-0.3, -0.25) is 0 Å². The smallest absolute Gasteiger partial charge is 0.241 e. The van der Waals surface area contributed by atoms with Gasteiger partial charge in [0.15, 0.2) is 0 Å². The molecular weight excluding hydrogens is 288 g/mol. The minimum atomic E-state index is -3.50. The van der Waals surface area contributed by atoms with Crippen LogP contribution in [-0.2, 0) is 21.3 Å². The highest BCUT2D eigenvalue weighted by atomic mass is 32.2. The lowest BCUT2D eigenvalue weighted by atomic mass is 10.1. The van der Waals surface area contributed by atoms with E-state index < -0.39 is 10.0 Å².